The van der Waals surface area contributed by atoms with Crippen LogP contribution in [0.25, 0.3) is 22.4 Å². The molecule has 1 unspecified atom stereocenters. The Morgan fingerprint density at radius 3 is 2.52 bits per heavy atom. The van der Waals surface area contributed by atoms with Crippen molar-refractivity contribution in [3.63, 3.8) is 0 Å². The van der Waals surface area contributed by atoms with Gasteiger partial charge in [-0.1, -0.05) is 18.2 Å². The molecule has 2 aromatic carbocycles. The molecular weight excluding hydrogens is 419 g/mol. The molecule has 1 saturated heterocycles. The first-order chi connectivity index (χ1) is 15.9. The van der Waals surface area contributed by atoms with Gasteiger partial charge in [0.15, 0.2) is 0 Å². The van der Waals surface area contributed by atoms with Crippen molar-refractivity contribution >= 4 is 0 Å². The van der Waals surface area contributed by atoms with E-state index in [1.807, 2.05) is 6.07 Å². The minimum atomic E-state index is -0.631. The average molecular weight is 447 g/mol. The van der Waals surface area contributed by atoms with E-state index >= 15 is 0 Å². The molecule has 2 heterocycles. The quantitative estimate of drug-likeness (QED) is 0.572. The largest absolute Gasteiger partial charge is 0.497 e. The molecule has 7 heteroatoms. The molecule has 0 amide bonds. The molecular formula is C26H27FN4O2. The Morgan fingerprint density at radius 1 is 1.18 bits per heavy atom. The van der Waals surface area contributed by atoms with Crippen molar-refractivity contribution in [1.82, 2.24) is 14.5 Å². The summed E-state index contributed by atoms with van der Waals surface area (Å²) >= 11 is 0. The van der Waals surface area contributed by atoms with Crippen LogP contribution in [0.1, 0.15) is 24.2 Å². The van der Waals surface area contributed by atoms with E-state index in [0.29, 0.717) is 46.3 Å². The van der Waals surface area contributed by atoms with Crippen molar-refractivity contribution in [2.75, 3.05) is 27.2 Å². The van der Waals surface area contributed by atoms with Gasteiger partial charge in [0, 0.05) is 25.6 Å². The lowest BCUT2D eigenvalue weighted by Crippen LogP contribution is -2.25. The van der Waals surface area contributed by atoms with Crippen molar-refractivity contribution in [2.45, 2.75) is 19.3 Å². The number of likely N-dealkylation sites (tertiary alicyclic amines) is 1. The van der Waals surface area contributed by atoms with Crippen LogP contribution >= 0.6 is 0 Å². The monoisotopic (exact) mass is 446 g/mol. The molecule has 1 aromatic heterocycles. The Bertz CT molecular complexity index is 1260. The summed E-state index contributed by atoms with van der Waals surface area (Å²) in [5.41, 5.74) is 1.73. The van der Waals surface area contributed by atoms with Crippen molar-refractivity contribution in [1.29, 1.82) is 5.26 Å². The third-order valence-corrected chi connectivity index (χ3v) is 6.39. The zero-order chi connectivity index (χ0) is 23.5. The number of benzene rings is 2. The molecule has 33 heavy (non-hydrogen) atoms. The number of rotatable bonds is 6. The average Bonchev–Trinajstić information content (AvgIpc) is 3.25. The molecule has 6 nitrogen and oxygen atoms in total. The zero-order valence-corrected chi connectivity index (χ0v) is 19.1. The van der Waals surface area contributed by atoms with E-state index in [9.17, 15) is 9.18 Å². The van der Waals surface area contributed by atoms with Gasteiger partial charge in [0.2, 0.25) is 0 Å². The zero-order valence-electron chi connectivity index (χ0n) is 19.1. The van der Waals surface area contributed by atoms with Crippen LogP contribution < -0.4 is 10.3 Å². The Morgan fingerprint density at radius 2 is 1.91 bits per heavy atom. The number of hydrogen-bond acceptors (Lipinski definition) is 5. The fourth-order valence-electron chi connectivity index (χ4n) is 4.44. The normalized spacial score (nSPS) is 16.0. The number of aromatic nitrogens is 2. The second kappa shape index (κ2) is 9.55. The molecule has 4 rings (SSSR count). The van der Waals surface area contributed by atoms with E-state index < -0.39 is 5.82 Å². The molecule has 170 valence electrons. The summed E-state index contributed by atoms with van der Waals surface area (Å²) < 4.78 is 21.3. The first kappa shape index (κ1) is 22.7. The van der Waals surface area contributed by atoms with Crippen LogP contribution in [-0.4, -0.2) is 41.7 Å². The van der Waals surface area contributed by atoms with Crippen molar-refractivity contribution in [2.24, 2.45) is 13.0 Å². The van der Waals surface area contributed by atoms with E-state index in [1.165, 1.54) is 12.1 Å². The van der Waals surface area contributed by atoms with Crippen LogP contribution in [0.5, 0.6) is 5.75 Å². The van der Waals surface area contributed by atoms with Crippen LogP contribution in [0.3, 0.4) is 0 Å². The Balaban J connectivity index is 1.82. The van der Waals surface area contributed by atoms with Gasteiger partial charge in [-0.05, 0) is 62.2 Å². The highest BCUT2D eigenvalue weighted by molar-refractivity contribution is 5.80. The fourth-order valence-corrected chi connectivity index (χ4v) is 4.44. The predicted molar refractivity (Wildman–Crippen MR) is 126 cm³/mol. The minimum Gasteiger partial charge on any atom is -0.497 e. The number of nitriles is 1. The number of hydrogen-bond donors (Lipinski definition) is 0. The van der Waals surface area contributed by atoms with Gasteiger partial charge in [-0.3, -0.25) is 9.36 Å². The lowest BCUT2D eigenvalue weighted by Gasteiger charge is -2.17. The van der Waals surface area contributed by atoms with Gasteiger partial charge in [0.1, 0.15) is 23.5 Å². The highest BCUT2D eigenvalue weighted by atomic mass is 19.1. The molecule has 0 spiro atoms. The summed E-state index contributed by atoms with van der Waals surface area (Å²) in [7, 11) is 5.44. The summed E-state index contributed by atoms with van der Waals surface area (Å²) in [6.07, 6.45) is 2.74. The molecule has 1 aliphatic rings. The van der Waals surface area contributed by atoms with Gasteiger partial charge in [-0.25, -0.2) is 9.37 Å². The topological polar surface area (TPSA) is 71.2 Å². The lowest BCUT2D eigenvalue weighted by molar-refractivity contribution is 0.386. The highest BCUT2D eigenvalue weighted by Gasteiger charge is 2.22. The van der Waals surface area contributed by atoms with E-state index in [1.54, 1.807) is 49.1 Å². The molecule has 1 aliphatic heterocycles. The molecule has 0 bridgehead atoms. The number of halogens is 1. The summed E-state index contributed by atoms with van der Waals surface area (Å²) in [6.45, 7) is 2.13. The Kier molecular flexibility index (Phi) is 6.57. The van der Waals surface area contributed by atoms with Crippen LogP contribution in [0.15, 0.2) is 47.3 Å². The van der Waals surface area contributed by atoms with E-state index in [0.717, 1.165) is 25.9 Å². The standard InChI is InChI=1S/C26H27FN4O2/c1-30-13-12-17(16-30)4-11-23-29-25(19-5-6-20(15-28)22(27)14-19)24(26(32)31(23)2)18-7-9-21(33-3)10-8-18/h5-10,14,17H,4,11-13,16H2,1-3H3. The maximum absolute atomic E-state index is 14.5. The fraction of sp³-hybridized carbons (Fsp3) is 0.346. The molecule has 3 aromatic rings. The second-order valence-corrected chi connectivity index (χ2v) is 8.61. The van der Waals surface area contributed by atoms with Gasteiger partial charge in [-0.15, -0.1) is 0 Å². The lowest BCUT2D eigenvalue weighted by atomic mass is 9.98. The number of nitrogens with zero attached hydrogens (tertiary/aromatic N) is 4. The Hall–Kier alpha value is -3.50. The van der Waals surface area contributed by atoms with E-state index in [4.69, 9.17) is 15.0 Å². The molecule has 0 saturated carbocycles. The molecule has 0 aliphatic carbocycles. The third-order valence-electron chi connectivity index (χ3n) is 6.39. The Labute approximate surface area is 192 Å². The number of methoxy groups -OCH3 is 1. The molecule has 1 fully saturated rings. The molecule has 0 radical (unpaired) electrons. The van der Waals surface area contributed by atoms with Crippen LogP contribution in [0, 0.1) is 23.1 Å². The number of ether oxygens (including phenoxy) is 1. The van der Waals surface area contributed by atoms with Gasteiger partial charge in [-0.2, -0.15) is 5.26 Å². The third kappa shape index (κ3) is 4.67. The van der Waals surface area contributed by atoms with E-state index in [2.05, 4.69) is 11.9 Å². The summed E-state index contributed by atoms with van der Waals surface area (Å²) in [4.78, 5) is 20.7. The van der Waals surface area contributed by atoms with Crippen LogP contribution in [0.4, 0.5) is 4.39 Å². The molecule has 1 atom stereocenters. The van der Waals surface area contributed by atoms with E-state index in [-0.39, 0.29) is 11.1 Å². The van der Waals surface area contributed by atoms with Crippen LogP contribution in [-0.2, 0) is 13.5 Å². The van der Waals surface area contributed by atoms with Crippen LogP contribution in [0.2, 0.25) is 0 Å². The van der Waals surface area contributed by atoms with Gasteiger partial charge < -0.3 is 9.64 Å². The maximum atomic E-state index is 14.5. The van der Waals surface area contributed by atoms with Gasteiger partial charge in [0.25, 0.3) is 5.56 Å². The maximum Gasteiger partial charge on any atom is 0.261 e. The first-order valence-electron chi connectivity index (χ1n) is 11.0. The first-order valence-corrected chi connectivity index (χ1v) is 11.0. The summed E-state index contributed by atoms with van der Waals surface area (Å²) in [5.74, 6) is 1.29. The molecule has 0 N–H and O–H groups in total. The smallest absolute Gasteiger partial charge is 0.261 e. The summed E-state index contributed by atoms with van der Waals surface area (Å²) in [6, 6.07) is 13.4. The SMILES string of the molecule is COc1ccc(-c2c(-c3ccc(C#N)c(F)c3)nc(CCC3CCN(C)C3)n(C)c2=O)cc1. The second-order valence-electron chi connectivity index (χ2n) is 8.61. The minimum absolute atomic E-state index is 0.0424. The highest BCUT2D eigenvalue weighted by Crippen LogP contribution is 2.31. The predicted octanol–water partition coefficient (Wildman–Crippen LogP) is 4.02. The van der Waals surface area contributed by atoms with Crippen molar-refractivity contribution in [3.8, 4) is 34.2 Å². The van der Waals surface area contributed by atoms with Gasteiger partial charge >= 0.3 is 0 Å². The van der Waals surface area contributed by atoms with Crippen molar-refractivity contribution in [3.05, 3.63) is 70.0 Å². The van der Waals surface area contributed by atoms with Crippen molar-refractivity contribution < 1.29 is 9.13 Å². The van der Waals surface area contributed by atoms with Gasteiger partial charge in [0.05, 0.1) is 23.9 Å². The number of aryl methyl sites for hydroxylation is 1. The summed E-state index contributed by atoms with van der Waals surface area (Å²) in [5, 5.41) is 9.10.